The molecule has 1 N–H and O–H groups in total. The molecule has 44 heavy (non-hydrogen) atoms. The minimum atomic E-state index is -4.13. The van der Waals surface area contributed by atoms with Gasteiger partial charge in [0.1, 0.15) is 18.4 Å². The van der Waals surface area contributed by atoms with Crippen LogP contribution in [0, 0.1) is 22.9 Å². The van der Waals surface area contributed by atoms with Crippen LogP contribution in [0.3, 0.4) is 0 Å². The monoisotopic (exact) mass is 624 g/mol. The van der Waals surface area contributed by atoms with Crippen molar-refractivity contribution < 1.29 is 27.3 Å². The summed E-state index contributed by atoms with van der Waals surface area (Å²) in [7, 11) is -4.13. The number of aryl methyl sites for hydroxylation is 1. The maximum Gasteiger partial charge on any atom is 0.271 e. The van der Waals surface area contributed by atoms with Gasteiger partial charge in [0, 0.05) is 36.7 Å². The summed E-state index contributed by atoms with van der Waals surface area (Å²) in [5, 5.41) is 14.6. The van der Waals surface area contributed by atoms with Crippen molar-refractivity contribution in [3.63, 3.8) is 0 Å². The van der Waals surface area contributed by atoms with E-state index in [9.17, 15) is 32.5 Å². The normalized spacial score (nSPS) is 14.4. The fourth-order valence-corrected chi connectivity index (χ4v) is 6.38. The van der Waals surface area contributed by atoms with Crippen LogP contribution in [0.15, 0.2) is 72.8 Å². The number of non-ortho nitro benzene ring substituents is 1. The summed E-state index contributed by atoms with van der Waals surface area (Å²) < 4.78 is 41.8. The summed E-state index contributed by atoms with van der Waals surface area (Å²) >= 11 is 0. The Morgan fingerprint density at radius 2 is 1.68 bits per heavy atom. The van der Waals surface area contributed by atoms with Gasteiger partial charge in [-0.05, 0) is 37.0 Å². The van der Waals surface area contributed by atoms with Gasteiger partial charge in [-0.25, -0.2) is 12.8 Å². The van der Waals surface area contributed by atoms with E-state index < -0.39 is 45.2 Å². The van der Waals surface area contributed by atoms with Crippen molar-refractivity contribution in [2.45, 2.75) is 64.1 Å². The molecule has 1 aliphatic rings. The summed E-state index contributed by atoms with van der Waals surface area (Å²) in [6.45, 7) is 0.526. The van der Waals surface area contributed by atoms with Crippen molar-refractivity contribution in [1.82, 2.24) is 10.2 Å². The number of halogens is 1. The van der Waals surface area contributed by atoms with E-state index in [2.05, 4.69) is 5.32 Å². The highest BCUT2D eigenvalue weighted by Crippen LogP contribution is 2.28. The highest BCUT2D eigenvalue weighted by Gasteiger charge is 2.35. The number of nitro benzene ring substituents is 1. The van der Waals surface area contributed by atoms with Crippen LogP contribution in [0.4, 0.5) is 15.8 Å². The van der Waals surface area contributed by atoms with Crippen molar-refractivity contribution in [3.05, 3.63) is 105 Å². The molecule has 0 bridgehead atoms. The number of nitro groups is 1. The van der Waals surface area contributed by atoms with Crippen molar-refractivity contribution in [2.75, 3.05) is 17.1 Å². The molecule has 0 aliphatic heterocycles. The molecule has 1 atom stereocenters. The van der Waals surface area contributed by atoms with Crippen molar-refractivity contribution >= 4 is 33.2 Å². The molecule has 4 rings (SSSR count). The second-order valence-electron chi connectivity index (χ2n) is 11.2. The number of sulfonamides is 1. The molecule has 1 aliphatic carbocycles. The summed E-state index contributed by atoms with van der Waals surface area (Å²) in [6, 6.07) is 17.6. The SMILES string of the molecule is Cc1ccc([N+](=O)[O-])cc1N(CC(=O)N(Cc1ccccc1F)[C@@H](Cc1ccccc1)C(=O)NC1CCCCC1)S(C)(=O)=O. The van der Waals surface area contributed by atoms with E-state index in [0.29, 0.717) is 5.56 Å². The van der Waals surface area contributed by atoms with E-state index in [4.69, 9.17) is 0 Å². The molecule has 234 valence electrons. The molecule has 0 saturated heterocycles. The van der Waals surface area contributed by atoms with Gasteiger partial charge >= 0.3 is 0 Å². The van der Waals surface area contributed by atoms with Crippen molar-refractivity contribution in [2.24, 2.45) is 0 Å². The maximum absolute atomic E-state index is 15.0. The van der Waals surface area contributed by atoms with Crippen LogP contribution >= 0.6 is 0 Å². The van der Waals surface area contributed by atoms with Crippen LogP contribution in [0.25, 0.3) is 0 Å². The Balaban J connectivity index is 1.77. The van der Waals surface area contributed by atoms with Crippen LogP contribution in [-0.4, -0.2) is 54.9 Å². The predicted molar refractivity (Wildman–Crippen MR) is 166 cm³/mol. The van der Waals surface area contributed by atoms with E-state index in [1.165, 1.54) is 35.2 Å². The summed E-state index contributed by atoms with van der Waals surface area (Å²) in [5.41, 5.74) is 0.931. The summed E-state index contributed by atoms with van der Waals surface area (Å²) in [6.07, 6.45) is 5.63. The number of carbonyl (C=O) groups excluding carboxylic acids is 2. The standard InChI is InChI=1S/C32H37FN4O6S/c1-23-17-18-27(37(40)41)20-29(23)36(44(2,42)43)22-31(38)35(21-25-13-9-10-16-28(25)33)30(19-24-11-5-3-6-12-24)32(39)34-26-14-7-4-8-15-26/h3,5-6,9-13,16-18,20,26,30H,4,7-8,14-15,19,21-22H2,1-2H3,(H,34,39)/t30-/m0/s1. The first-order chi connectivity index (χ1) is 20.9. The number of anilines is 1. The number of rotatable bonds is 12. The number of nitrogens with one attached hydrogen (secondary N) is 1. The third kappa shape index (κ3) is 8.40. The summed E-state index contributed by atoms with van der Waals surface area (Å²) in [4.78, 5) is 40.2. The predicted octanol–water partition coefficient (Wildman–Crippen LogP) is 4.90. The van der Waals surface area contributed by atoms with Gasteiger partial charge in [0.25, 0.3) is 5.69 Å². The molecule has 0 unspecified atom stereocenters. The van der Waals surface area contributed by atoms with Gasteiger partial charge in [0.05, 0.1) is 16.9 Å². The van der Waals surface area contributed by atoms with Crippen LogP contribution in [-0.2, 0) is 32.6 Å². The van der Waals surface area contributed by atoms with Crippen LogP contribution in [0.2, 0.25) is 0 Å². The van der Waals surface area contributed by atoms with Gasteiger partial charge < -0.3 is 10.2 Å². The first kappa shape index (κ1) is 32.6. The molecule has 3 aromatic carbocycles. The lowest BCUT2D eigenvalue weighted by atomic mass is 9.94. The first-order valence-corrected chi connectivity index (χ1v) is 16.4. The zero-order chi connectivity index (χ0) is 31.9. The minimum Gasteiger partial charge on any atom is -0.352 e. The van der Waals surface area contributed by atoms with Gasteiger partial charge in [-0.3, -0.25) is 24.0 Å². The lowest BCUT2D eigenvalue weighted by Gasteiger charge is -2.35. The molecule has 0 radical (unpaired) electrons. The Labute approximate surface area is 257 Å². The Kier molecular flexibility index (Phi) is 10.7. The maximum atomic E-state index is 15.0. The van der Waals surface area contributed by atoms with Gasteiger partial charge in [0.15, 0.2) is 0 Å². The molecule has 12 heteroatoms. The zero-order valence-electron chi connectivity index (χ0n) is 24.8. The Morgan fingerprint density at radius 1 is 1.02 bits per heavy atom. The average molecular weight is 625 g/mol. The van der Waals surface area contributed by atoms with E-state index >= 15 is 0 Å². The number of hydrogen-bond acceptors (Lipinski definition) is 6. The van der Waals surface area contributed by atoms with Crippen LogP contribution in [0.1, 0.15) is 48.8 Å². The molecular weight excluding hydrogens is 587 g/mol. The second-order valence-corrected chi connectivity index (χ2v) is 13.1. The molecule has 1 saturated carbocycles. The number of benzene rings is 3. The van der Waals surface area contributed by atoms with Crippen LogP contribution < -0.4 is 9.62 Å². The minimum absolute atomic E-state index is 0.0350. The largest absolute Gasteiger partial charge is 0.352 e. The van der Waals surface area contributed by atoms with E-state index in [1.807, 2.05) is 30.3 Å². The Hall–Kier alpha value is -4.32. The van der Waals surface area contributed by atoms with Crippen molar-refractivity contribution in [1.29, 1.82) is 0 Å². The van der Waals surface area contributed by atoms with Gasteiger partial charge in [-0.2, -0.15) is 0 Å². The topological polar surface area (TPSA) is 130 Å². The molecule has 1 fully saturated rings. The summed E-state index contributed by atoms with van der Waals surface area (Å²) in [5.74, 6) is -1.75. The number of amides is 2. The molecule has 0 aromatic heterocycles. The highest BCUT2D eigenvalue weighted by atomic mass is 32.2. The number of hydrogen-bond donors (Lipinski definition) is 1. The van der Waals surface area contributed by atoms with E-state index in [1.54, 1.807) is 13.0 Å². The molecular formula is C32H37FN4O6S. The molecule has 3 aromatic rings. The van der Waals surface area contributed by atoms with Gasteiger partial charge in [-0.1, -0.05) is 73.9 Å². The molecule has 10 nitrogen and oxygen atoms in total. The molecule has 0 heterocycles. The lowest BCUT2D eigenvalue weighted by Crippen LogP contribution is -2.55. The average Bonchev–Trinajstić information content (AvgIpc) is 2.99. The smallest absolute Gasteiger partial charge is 0.271 e. The van der Waals surface area contributed by atoms with E-state index in [-0.39, 0.29) is 35.9 Å². The Morgan fingerprint density at radius 3 is 2.32 bits per heavy atom. The third-order valence-electron chi connectivity index (χ3n) is 7.87. The second kappa shape index (κ2) is 14.4. The fourth-order valence-electron chi connectivity index (χ4n) is 5.48. The van der Waals surface area contributed by atoms with Gasteiger partial charge in [0.2, 0.25) is 21.8 Å². The number of nitrogens with zero attached hydrogens (tertiary/aromatic N) is 3. The van der Waals surface area contributed by atoms with Crippen LogP contribution in [0.5, 0.6) is 0 Å². The lowest BCUT2D eigenvalue weighted by molar-refractivity contribution is -0.384. The zero-order valence-corrected chi connectivity index (χ0v) is 25.6. The third-order valence-corrected chi connectivity index (χ3v) is 9.00. The number of carbonyl (C=O) groups is 2. The first-order valence-electron chi connectivity index (χ1n) is 14.5. The van der Waals surface area contributed by atoms with E-state index in [0.717, 1.165) is 54.3 Å². The Bertz CT molecular complexity index is 1600. The van der Waals surface area contributed by atoms with Gasteiger partial charge in [-0.15, -0.1) is 0 Å². The quantitative estimate of drug-likeness (QED) is 0.226. The molecule has 2 amide bonds. The molecule has 0 spiro atoms. The highest BCUT2D eigenvalue weighted by molar-refractivity contribution is 7.92. The van der Waals surface area contributed by atoms with Crippen molar-refractivity contribution in [3.8, 4) is 0 Å². The fraction of sp³-hybridized carbons (Fsp3) is 0.375.